The van der Waals surface area contributed by atoms with E-state index in [0.717, 1.165) is 25.2 Å². The molecule has 1 heterocycles. The third-order valence-corrected chi connectivity index (χ3v) is 4.78. The molecule has 1 atom stereocenters. The van der Waals surface area contributed by atoms with Gasteiger partial charge in [-0.2, -0.15) is 0 Å². The van der Waals surface area contributed by atoms with Crippen molar-refractivity contribution in [3.63, 3.8) is 0 Å². The molecule has 1 saturated heterocycles. The van der Waals surface area contributed by atoms with Crippen LogP contribution in [0.1, 0.15) is 42.4 Å². The Morgan fingerprint density at radius 1 is 1.37 bits per heavy atom. The van der Waals surface area contributed by atoms with Gasteiger partial charge >= 0.3 is 0 Å². The molecule has 0 radical (unpaired) electrons. The summed E-state index contributed by atoms with van der Waals surface area (Å²) in [6, 6.07) is 6.09. The van der Waals surface area contributed by atoms with Gasteiger partial charge in [0, 0.05) is 5.75 Å². The van der Waals surface area contributed by atoms with E-state index < -0.39 is 11.1 Å². The zero-order chi connectivity index (χ0) is 13.8. The molecule has 0 spiro atoms. The minimum Gasteiger partial charge on any atom is -0.772 e. The van der Waals surface area contributed by atoms with Gasteiger partial charge in [-0.25, -0.2) is 0 Å². The molecule has 1 aliphatic rings. The maximum Gasteiger partial charge on any atom is 0.0355 e. The molecule has 106 valence electrons. The van der Waals surface area contributed by atoms with Gasteiger partial charge in [0.25, 0.3) is 0 Å². The molecule has 1 fully saturated rings. The molecule has 2 rings (SSSR count). The fraction of sp³-hybridized carbons (Fsp3) is 0.600. The van der Waals surface area contributed by atoms with E-state index in [1.807, 2.05) is 12.1 Å². The Morgan fingerprint density at radius 2 is 2.05 bits per heavy atom. The first-order valence-electron chi connectivity index (χ1n) is 6.98. The molecule has 1 aromatic carbocycles. The molecule has 1 aliphatic heterocycles. The standard InChI is InChI=1S/C15H23NO2S/c1-3-16-9-7-13(8-10-16)15-6-4-5-14(12(15)2)11-19(17)18/h4-6,13H,3,7-11H2,1-2H3,(H,17,18)/p-1. The largest absolute Gasteiger partial charge is 0.772 e. The molecule has 0 aliphatic carbocycles. The van der Waals surface area contributed by atoms with Gasteiger partial charge in [-0.3, -0.25) is 4.21 Å². The Morgan fingerprint density at radius 3 is 2.63 bits per heavy atom. The number of likely N-dealkylation sites (tertiary alicyclic amines) is 1. The first-order chi connectivity index (χ1) is 9.11. The molecule has 0 saturated carbocycles. The van der Waals surface area contributed by atoms with Crippen LogP contribution in [0, 0.1) is 6.92 Å². The van der Waals surface area contributed by atoms with Gasteiger partial charge in [0.2, 0.25) is 0 Å². The topological polar surface area (TPSA) is 43.4 Å². The lowest BCUT2D eigenvalue weighted by molar-refractivity contribution is 0.222. The molecule has 0 N–H and O–H groups in total. The molecule has 4 heteroatoms. The van der Waals surface area contributed by atoms with E-state index in [9.17, 15) is 8.76 Å². The van der Waals surface area contributed by atoms with E-state index >= 15 is 0 Å². The van der Waals surface area contributed by atoms with Crippen LogP contribution in [0.2, 0.25) is 0 Å². The van der Waals surface area contributed by atoms with Crippen LogP contribution in [0.4, 0.5) is 0 Å². The molecule has 0 amide bonds. The number of piperidine rings is 1. The summed E-state index contributed by atoms with van der Waals surface area (Å²) in [5, 5.41) is 0. The Kier molecular flexibility index (Phi) is 5.13. The Labute approximate surface area is 118 Å². The van der Waals surface area contributed by atoms with E-state index in [2.05, 4.69) is 24.8 Å². The lowest BCUT2D eigenvalue weighted by Gasteiger charge is -2.32. The molecule has 3 nitrogen and oxygen atoms in total. The Balaban J connectivity index is 2.14. The second-order valence-electron chi connectivity index (χ2n) is 5.29. The van der Waals surface area contributed by atoms with E-state index in [1.54, 1.807) is 0 Å². The molecular weight excluding hydrogens is 258 g/mol. The Hall–Kier alpha value is -0.710. The number of hydrogen-bond donors (Lipinski definition) is 0. The summed E-state index contributed by atoms with van der Waals surface area (Å²) in [6.07, 6.45) is 2.36. The molecule has 0 bridgehead atoms. The lowest BCUT2D eigenvalue weighted by Crippen LogP contribution is -2.32. The summed E-state index contributed by atoms with van der Waals surface area (Å²) in [5.41, 5.74) is 3.46. The van der Waals surface area contributed by atoms with Crippen molar-refractivity contribution in [2.24, 2.45) is 0 Å². The average molecular weight is 280 g/mol. The summed E-state index contributed by atoms with van der Waals surface area (Å²) in [6.45, 7) is 7.69. The van der Waals surface area contributed by atoms with Gasteiger partial charge < -0.3 is 9.45 Å². The van der Waals surface area contributed by atoms with Gasteiger partial charge in [-0.05, 0) is 62.0 Å². The van der Waals surface area contributed by atoms with E-state index in [0.29, 0.717) is 5.92 Å². The van der Waals surface area contributed by atoms with Gasteiger partial charge in [-0.1, -0.05) is 36.2 Å². The monoisotopic (exact) mass is 280 g/mol. The maximum absolute atomic E-state index is 10.9. The van der Waals surface area contributed by atoms with Crippen molar-refractivity contribution < 1.29 is 8.76 Å². The Bertz CT molecular complexity index is 453. The minimum absolute atomic E-state index is 0.132. The highest BCUT2D eigenvalue weighted by atomic mass is 32.2. The number of nitrogens with zero attached hydrogens (tertiary/aromatic N) is 1. The van der Waals surface area contributed by atoms with Crippen LogP contribution in [0.15, 0.2) is 18.2 Å². The second kappa shape index (κ2) is 6.64. The fourth-order valence-electron chi connectivity index (χ4n) is 2.99. The fourth-order valence-corrected chi connectivity index (χ4v) is 3.56. The van der Waals surface area contributed by atoms with Crippen LogP contribution in [-0.4, -0.2) is 33.3 Å². The van der Waals surface area contributed by atoms with Gasteiger partial charge in [0.05, 0.1) is 0 Å². The number of benzene rings is 1. The minimum atomic E-state index is -2.01. The zero-order valence-corrected chi connectivity index (χ0v) is 12.5. The quantitative estimate of drug-likeness (QED) is 0.796. The highest BCUT2D eigenvalue weighted by molar-refractivity contribution is 7.78. The molecule has 19 heavy (non-hydrogen) atoms. The average Bonchev–Trinajstić information content (AvgIpc) is 2.41. The number of rotatable bonds is 4. The second-order valence-corrected chi connectivity index (χ2v) is 6.18. The first kappa shape index (κ1) is 14.7. The van der Waals surface area contributed by atoms with Crippen molar-refractivity contribution >= 4 is 11.1 Å². The van der Waals surface area contributed by atoms with Crippen LogP contribution >= 0.6 is 0 Å². The third kappa shape index (κ3) is 3.65. The smallest absolute Gasteiger partial charge is 0.0355 e. The van der Waals surface area contributed by atoms with Crippen LogP contribution in [0.25, 0.3) is 0 Å². The van der Waals surface area contributed by atoms with Crippen molar-refractivity contribution in [1.29, 1.82) is 0 Å². The van der Waals surface area contributed by atoms with Gasteiger partial charge in [0.1, 0.15) is 0 Å². The summed E-state index contributed by atoms with van der Waals surface area (Å²) >= 11 is -2.01. The maximum atomic E-state index is 10.9. The van der Waals surface area contributed by atoms with Gasteiger partial charge in [0.15, 0.2) is 0 Å². The SMILES string of the molecule is CCN1CCC(c2cccc(CS(=O)[O-])c2C)CC1. The summed E-state index contributed by atoms with van der Waals surface area (Å²) in [4.78, 5) is 2.47. The summed E-state index contributed by atoms with van der Waals surface area (Å²) in [7, 11) is 0. The molecule has 0 aromatic heterocycles. The predicted octanol–water partition coefficient (Wildman–Crippen LogP) is 2.57. The first-order valence-corrected chi connectivity index (χ1v) is 8.22. The molecule has 1 unspecified atom stereocenters. The normalized spacial score (nSPS) is 19.5. The summed E-state index contributed by atoms with van der Waals surface area (Å²) < 4.78 is 21.8. The number of hydrogen-bond acceptors (Lipinski definition) is 3. The van der Waals surface area contributed by atoms with Crippen LogP contribution < -0.4 is 0 Å². The third-order valence-electron chi connectivity index (χ3n) is 4.24. The lowest BCUT2D eigenvalue weighted by atomic mass is 9.85. The molecular formula is C15H22NO2S-. The highest BCUT2D eigenvalue weighted by Crippen LogP contribution is 2.31. The zero-order valence-electron chi connectivity index (χ0n) is 11.7. The van der Waals surface area contributed by atoms with Crippen molar-refractivity contribution in [2.75, 3.05) is 19.6 Å². The van der Waals surface area contributed by atoms with Crippen LogP contribution in [-0.2, 0) is 16.8 Å². The van der Waals surface area contributed by atoms with Crippen molar-refractivity contribution in [3.8, 4) is 0 Å². The highest BCUT2D eigenvalue weighted by Gasteiger charge is 2.21. The molecule has 1 aromatic rings. The van der Waals surface area contributed by atoms with E-state index in [-0.39, 0.29) is 5.75 Å². The van der Waals surface area contributed by atoms with Crippen LogP contribution in [0.5, 0.6) is 0 Å². The van der Waals surface area contributed by atoms with Gasteiger partial charge in [-0.15, -0.1) is 0 Å². The van der Waals surface area contributed by atoms with E-state index in [1.165, 1.54) is 24.0 Å². The van der Waals surface area contributed by atoms with E-state index in [4.69, 9.17) is 0 Å². The van der Waals surface area contributed by atoms with Crippen LogP contribution in [0.3, 0.4) is 0 Å². The predicted molar refractivity (Wildman–Crippen MR) is 77.9 cm³/mol. The van der Waals surface area contributed by atoms with Crippen molar-refractivity contribution in [1.82, 2.24) is 4.90 Å². The summed E-state index contributed by atoms with van der Waals surface area (Å²) in [5.74, 6) is 0.718. The van der Waals surface area contributed by atoms with Crippen molar-refractivity contribution in [2.45, 2.75) is 38.4 Å². The van der Waals surface area contributed by atoms with Crippen molar-refractivity contribution in [3.05, 3.63) is 34.9 Å².